The fourth-order valence-electron chi connectivity index (χ4n) is 2.97. The minimum atomic E-state index is -1.07. The number of carboxylic acids is 1. The summed E-state index contributed by atoms with van der Waals surface area (Å²) in [5, 5.41) is 9.34. The van der Waals surface area contributed by atoms with E-state index in [-0.39, 0.29) is 6.42 Å². The summed E-state index contributed by atoms with van der Waals surface area (Å²) in [5.41, 5.74) is 0.472. The first-order valence-corrected chi connectivity index (χ1v) is 8.83. The lowest BCUT2D eigenvalue weighted by Crippen LogP contribution is -2.52. The summed E-state index contributed by atoms with van der Waals surface area (Å²) in [5.74, 6) is -2.03. The van der Waals surface area contributed by atoms with Gasteiger partial charge in [0.25, 0.3) is 5.91 Å². The van der Waals surface area contributed by atoms with Crippen LogP contribution >= 0.6 is 11.8 Å². The Balaban J connectivity index is 2.20. The van der Waals surface area contributed by atoms with Gasteiger partial charge in [0.2, 0.25) is 5.78 Å². The van der Waals surface area contributed by atoms with Gasteiger partial charge in [-0.15, -0.1) is 11.8 Å². The van der Waals surface area contributed by atoms with Crippen LogP contribution in [0, 0.1) is 0 Å². The van der Waals surface area contributed by atoms with Gasteiger partial charge >= 0.3 is 5.97 Å². The number of benzene rings is 1. The molecule has 6 heteroatoms. The Bertz CT molecular complexity index is 654. The van der Waals surface area contributed by atoms with Gasteiger partial charge in [0.15, 0.2) is 0 Å². The summed E-state index contributed by atoms with van der Waals surface area (Å²) in [6, 6.07) is 8.57. The van der Waals surface area contributed by atoms with Crippen LogP contribution in [0.5, 0.6) is 0 Å². The zero-order valence-electron chi connectivity index (χ0n) is 14.4. The molecular weight excluding hydrogens is 326 g/mol. The van der Waals surface area contributed by atoms with Gasteiger partial charge in [-0.3, -0.25) is 9.59 Å². The molecule has 1 N–H and O–H groups in total. The molecule has 0 saturated carbocycles. The van der Waals surface area contributed by atoms with Crippen molar-refractivity contribution >= 4 is 29.4 Å². The molecule has 0 aromatic heterocycles. The molecule has 1 saturated heterocycles. The molecule has 1 aromatic carbocycles. The van der Waals surface area contributed by atoms with E-state index in [4.69, 9.17) is 0 Å². The van der Waals surface area contributed by atoms with Crippen molar-refractivity contribution in [3.8, 4) is 0 Å². The predicted molar refractivity (Wildman–Crippen MR) is 93.9 cm³/mol. The van der Waals surface area contributed by atoms with E-state index in [1.54, 1.807) is 13.8 Å². The zero-order chi connectivity index (χ0) is 18.1. The Morgan fingerprint density at radius 1 is 1.25 bits per heavy atom. The van der Waals surface area contributed by atoms with Crippen molar-refractivity contribution in [1.29, 1.82) is 0 Å². The number of aliphatic carboxylic acids is 1. The number of hydrogen-bond acceptors (Lipinski definition) is 4. The molecule has 1 atom stereocenters. The summed E-state index contributed by atoms with van der Waals surface area (Å²) in [4.78, 5) is 37.2. The molecule has 24 heavy (non-hydrogen) atoms. The Kier molecular flexibility index (Phi) is 5.08. The van der Waals surface area contributed by atoms with E-state index in [0.29, 0.717) is 5.75 Å². The van der Waals surface area contributed by atoms with Crippen LogP contribution < -0.4 is 0 Å². The molecule has 0 unspecified atom stereocenters. The largest absolute Gasteiger partial charge is 0.480 e. The molecule has 0 spiro atoms. The third-order valence-electron chi connectivity index (χ3n) is 4.39. The number of thioether (sulfide) groups is 1. The number of carbonyl (C=O) groups excluding carboxylic acids is 2. The Hall–Kier alpha value is -1.82. The van der Waals surface area contributed by atoms with E-state index in [2.05, 4.69) is 0 Å². The van der Waals surface area contributed by atoms with Crippen molar-refractivity contribution in [1.82, 2.24) is 4.90 Å². The molecular formula is C18H23NO4S. The fourth-order valence-corrected chi connectivity index (χ4v) is 4.18. The van der Waals surface area contributed by atoms with Crippen LogP contribution in [0.2, 0.25) is 0 Å². The first-order valence-electron chi connectivity index (χ1n) is 7.85. The number of carbonyl (C=O) groups is 3. The second-order valence-corrected chi connectivity index (χ2v) is 8.76. The quantitative estimate of drug-likeness (QED) is 0.827. The van der Waals surface area contributed by atoms with Crippen LogP contribution in [-0.2, 0) is 19.8 Å². The maximum Gasteiger partial charge on any atom is 0.327 e. The second-order valence-electron chi connectivity index (χ2n) is 7.14. The molecule has 1 aliphatic heterocycles. The topological polar surface area (TPSA) is 74.7 Å². The Labute approximate surface area is 146 Å². The number of rotatable bonds is 5. The third-order valence-corrected chi connectivity index (χ3v) is 5.77. The first-order chi connectivity index (χ1) is 11.1. The highest BCUT2D eigenvalue weighted by molar-refractivity contribution is 8.00. The molecule has 0 bridgehead atoms. The molecule has 1 aromatic rings. The summed E-state index contributed by atoms with van der Waals surface area (Å²) >= 11 is 1.38. The molecule has 130 valence electrons. The van der Waals surface area contributed by atoms with Gasteiger partial charge in [-0.25, -0.2) is 4.79 Å². The van der Waals surface area contributed by atoms with Gasteiger partial charge < -0.3 is 10.0 Å². The highest BCUT2D eigenvalue weighted by atomic mass is 32.2. The van der Waals surface area contributed by atoms with E-state index < -0.39 is 34.0 Å². The fraction of sp³-hybridized carbons (Fsp3) is 0.500. The van der Waals surface area contributed by atoms with Gasteiger partial charge in [0.1, 0.15) is 6.04 Å². The second kappa shape index (κ2) is 6.59. The van der Waals surface area contributed by atoms with Crippen molar-refractivity contribution in [2.24, 2.45) is 0 Å². The molecule has 1 fully saturated rings. The predicted octanol–water partition coefficient (Wildman–Crippen LogP) is 2.69. The lowest BCUT2D eigenvalue weighted by molar-refractivity contribution is -0.155. The van der Waals surface area contributed by atoms with Crippen molar-refractivity contribution in [3.05, 3.63) is 35.9 Å². The molecule has 5 nitrogen and oxygen atoms in total. The Morgan fingerprint density at radius 3 is 2.38 bits per heavy atom. The van der Waals surface area contributed by atoms with Crippen LogP contribution in [0.15, 0.2) is 30.3 Å². The summed E-state index contributed by atoms with van der Waals surface area (Å²) in [6.07, 6.45) is 0.0411. The summed E-state index contributed by atoms with van der Waals surface area (Å²) in [7, 11) is 0. The maximum atomic E-state index is 12.7. The van der Waals surface area contributed by atoms with Gasteiger partial charge in [-0.1, -0.05) is 44.2 Å². The Morgan fingerprint density at radius 2 is 1.83 bits per heavy atom. The highest BCUT2D eigenvalue weighted by Crippen LogP contribution is 2.39. The van der Waals surface area contributed by atoms with Crippen LogP contribution in [0.3, 0.4) is 0 Å². The van der Waals surface area contributed by atoms with E-state index >= 15 is 0 Å². The molecule has 0 aliphatic carbocycles. The van der Waals surface area contributed by atoms with Gasteiger partial charge in [-0.2, -0.15) is 0 Å². The number of amides is 1. The van der Waals surface area contributed by atoms with E-state index in [9.17, 15) is 19.5 Å². The van der Waals surface area contributed by atoms with Crippen LogP contribution in [0.4, 0.5) is 0 Å². The normalized spacial score (nSPS) is 20.0. The summed E-state index contributed by atoms with van der Waals surface area (Å²) < 4.78 is 0. The van der Waals surface area contributed by atoms with Gasteiger partial charge in [0, 0.05) is 12.2 Å². The van der Waals surface area contributed by atoms with Crippen molar-refractivity contribution in [2.75, 3.05) is 5.75 Å². The number of Topliss-reactive ketones (excluding diaryl/α,β-unsaturated/α-hetero) is 1. The first kappa shape index (κ1) is 18.5. The molecule has 2 rings (SSSR count). The van der Waals surface area contributed by atoms with Gasteiger partial charge in [-0.05, 0) is 24.8 Å². The van der Waals surface area contributed by atoms with E-state index in [1.807, 2.05) is 44.2 Å². The average molecular weight is 349 g/mol. The number of nitrogens with zero attached hydrogens (tertiary/aromatic N) is 1. The smallest absolute Gasteiger partial charge is 0.327 e. The van der Waals surface area contributed by atoms with Crippen LogP contribution in [0.1, 0.15) is 39.7 Å². The van der Waals surface area contributed by atoms with E-state index in [0.717, 1.165) is 5.56 Å². The van der Waals surface area contributed by atoms with E-state index in [1.165, 1.54) is 16.7 Å². The van der Waals surface area contributed by atoms with Crippen molar-refractivity contribution < 1.29 is 19.5 Å². The maximum absolute atomic E-state index is 12.7. The third kappa shape index (κ3) is 3.64. The highest BCUT2D eigenvalue weighted by Gasteiger charge is 2.48. The summed E-state index contributed by atoms with van der Waals surface area (Å²) in [6.45, 7) is 7.36. The molecule has 0 radical (unpaired) electrons. The van der Waals surface area contributed by atoms with Crippen LogP contribution in [0.25, 0.3) is 0 Å². The van der Waals surface area contributed by atoms with Crippen LogP contribution in [-0.4, -0.2) is 44.3 Å². The van der Waals surface area contributed by atoms with Crippen molar-refractivity contribution in [3.63, 3.8) is 0 Å². The number of ketones is 1. The SMILES string of the molecule is CC(C)(CC(=O)C(=O)N1[C@H](C(=O)O)CSC1(C)C)c1ccccc1. The minimum absolute atomic E-state index is 0.0411. The minimum Gasteiger partial charge on any atom is -0.480 e. The average Bonchev–Trinajstić information content (AvgIpc) is 2.82. The lowest BCUT2D eigenvalue weighted by Gasteiger charge is -2.33. The molecule has 1 heterocycles. The van der Waals surface area contributed by atoms with Gasteiger partial charge in [0.05, 0.1) is 4.87 Å². The monoisotopic (exact) mass is 349 g/mol. The number of hydrogen-bond donors (Lipinski definition) is 1. The molecule has 1 aliphatic rings. The zero-order valence-corrected chi connectivity index (χ0v) is 15.2. The van der Waals surface area contributed by atoms with Crippen molar-refractivity contribution in [2.45, 2.75) is 50.4 Å². The lowest BCUT2D eigenvalue weighted by atomic mass is 9.80. The molecule has 1 amide bonds. The standard InChI is InChI=1S/C18H23NO4S/c1-17(2,12-8-6-5-7-9-12)10-14(20)15(21)19-13(16(22)23)11-24-18(19,3)4/h5-9,13H,10-11H2,1-4H3,(H,22,23)/t13-/m0/s1. The number of carboxylic acid groups (broad SMARTS) is 1.